The van der Waals surface area contributed by atoms with Crippen LogP contribution in [0.25, 0.3) is 27.6 Å². The number of hydrogen-bond donors (Lipinski definition) is 0. The molecule has 1 aliphatic heterocycles. The number of amides is 1. The maximum atomic E-state index is 13.5. The van der Waals surface area contributed by atoms with Gasteiger partial charge in [0, 0.05) is 23.7 Å². The summed E-state index contributed by atoms with van der Waals surface area (Å²) in [5.41, 5.74) is 4.11. The number of carbonyl (C=O) groups is 1. The molecule has 5 aromatic rings. The predicted octanol–water partition coefficient (Wildman–Crippen LogP) is 4.85. The highest BCUT2D eigenvalue weighted by molar-refractivity contribution is 7.99. The molecule has 0 unspecified atom stereocenters. The van der Waals surface area contributed by atoms with Crippen molar-refractivity contribution >= 4 is 50.9 Å². The zero-order chi connectivity index (χ0) is 24.5. The van der Waals surface area contributed by atoms with E-state index in [1.165, 1.54) is 11.8 Å². The van der Waals surface area contributed by atoms with Crippen LogP contribution in [-0.4, -0.2) is 45.8 Å². The molecule has 0 N–H and O–H groups in total. The quantitative estimate of drug-likeness (QED) is 0.246. The number of fused-ring (bicyclic) bond motifs is 6. The third-order valence-corrected chi connectivity index (χ3v) is 6.95. The van der Waals surface area contributed by atoms with Gasteiger partial charge in [-0.05, 0) is 36.4 Å². The van der Waals surface area contributed by atoms with Crippen LogP contribution in [0.15, 0.2) is 71.9 Å². The molecule has 3 aromatic carbocycles. The summed E-state index contributed by atoms with van der Waals surface area (Å²) in [7, 11) is 0. The van der Waals surface area contributed by atoms with Crippen molar-refractivity contribution in [2.75, 3.05) is 30.4 Å². The monoisotopic (exact) mass is 495 g/mol. The Hall–Kier alpha value is -4.29. The lowest BCUT2D eigenvalue weighted by Gasteiger charge is -2.24. The molecular formula is C27H21N5O3S. The molecule has 8 nitrogen and oxygen atoms in total. The fourth-order valence-corrected chi connectivity index (χ4v) is 5.26. The van der Waals surface area contributed by atoms with Gasteiger partial charge in [-0.25, -0.2) is 9.97 Å². The van der Waals surface area contributed by atoms with E-state index in [2.05, 4.69) is 6.07 Å². The number of carbonyl (C=O) groups excluding carboxylic acids is 1. The molecule has 2 aromatic heterocycles. The van der Waals surface area contributed by atoms with E-state index in [1.54, 1.807) is 17.0 Å². The molecule has 0 saturated carbocycles. The van der Waals surface area contributed by atoms with Gasteiger partial charge in [0.2, 0.25) is 5.91 Å². The second-order valence-corrected chi connectivity index (χ2v) is 9.18. The number of hydrogen-bond acceptors (Lipinski definition) is 7. The van der Waals surface area contributed by atoms with Gasteiger partial charge >= 0.3 is 0 Å². The highest BCUT2D eigenvalue weighted by atomic mass is 32.2. The standard InChI is InChI=1S/C27H21N5O3S/c28-12-5-13-31(18-10-11-23-24(16-18)35-15-14-34-23)25(33)17-36-27-30-20-7-2-1-6-19(20)26-29-21-8-3-4-9-22(21)32(26)27/h1-4,6-11,16H,5,13-15,17H2. The van der Waals surface area contributed by atoms with E-state index in [0.29, 0.717) is 35.6 Å². The van der Waals surface area contributed by atoms with Gasteiger partial charge in [0.05, 0.1) is 34.8 Å². The van der Waals surface area contributed by atoms with Crippen LogP contribution < -0.4 is 14.4 Å². The largest absolute Gasteiger partial charge is 0.486 e. The predicted molar refractivity (Wildman–Crippen MR) is 139 cm³/mol. The summed E-state index contributed by atoms with van der Waals surface area (Å²) in [6, 6.07) is 23.3. The molecule has 0 saturated heterocycles. The van der Waals surface area contributed by atoms with Crippen LogP contribution in [0.4, 0.5) is 5.69 Å². The zero-order valence-electron chi connectivity index (χ0n) is 19.3. The Balaban J connectivity index is 1.35. The lowest BCUT2D eigenvalue weighted by molar-refractivity contribution is -0.116. The molecule has 6 rings (SSSR count). The highest BCUT2D eigenvalue weighted by Gasteiger charge is 2.21. The van der Waals surface area contributed by atoms with E-state index in [1.807, 2.05) is 59.0 Å². The van der Waals surface area contributed by atoms with Crippen LogP contribution in [0.1, 0.15) is 6.42 Å². The van der Waals surface area contributed by atoms with Gasteiger partial charge in [0.1, 0.15) is 18.9 Å². The molecule has 1 aliphatic rings. The number of aromatic nitrogens is 3. The summed E-state index contributed by atoms with van der Waals surface area (Å²) in [5, 5.41) is 10.8. The lowest BCUT2D eigenvalue weighted by Crippen LogP contribution is -2.33. The number of nitriles is 1. The Bertz CT molecular complexity index is 1660. The Kier molecular flexibility index (Phi) is 5.79. The van der Waals surface area contributed by atoms with E-state index < -0.39 is 0 Å². The molecule has 0 bridgehead atoms. The van der Waals surface area contributed by atoms with Gasteiger partial charge in [-0.1, -0.05) is 36.0 Å². The van der Waals surface area contributed by atoms with Gasteiger partial charge in [-0.3, -0.25) is 9.20 Å². The van der Waals surface area contributed by atoms with Gasteiger partial charge in [0.25, 0.3) is 0 Å². The molecule has 36 heavy (non-hydrogen) atoms. The van der Waals surface area contributed by atoms with E-state index in [4.69, 9.17) is 19.4 Å². The summed E-state index contributed by atoms with van der Waals surface area (Å²) in [4.78, 5) is 24.8. The SMILES string of the molecule is N#CCCN(C(=O)CSc1nc2ccccc2c2nc3ccccc3n12)c1ccc2c(c1)OCCO2. The molecule has 0 aliphatic carbocycles. The average molecular weight is 496 g/mol. The van der Waals surface area contributed by atoms with Gasteiger partial charge < -0.3 is 14.4 Å². The van der Waals surface area contributed by atoms with Crippen LogP contribution in [-0.2, 0) is 4.79 Å². The van der Waals surface area contributed by atoms with Crippen molar-refractivity contribution in [1.29, 1.82) is 5.26 Å². The number of rotatable bonds is 6. The lowest BCUT2D eigenvalue weighted by atomic mass is 10.2. The molecular weight excluding hydrogens is 474 g/mol. The van der Waals surface area contributed by atoms with Gasteiger partial charge in [0.15, 0.2) is 16.7 Å². The van der Waals surface area contributed by atoms with Gasteiger partial charge in [-0.15, -0.1) is 0 Å². The van der Waals surface area contributed by atoms with E-state index in [9.17, 15) is 10.1 Å². The third kappa shape index (κ3) is 3.95. The van der Waals surface area contributed by atoms with E-state index in [0.717, 1.165) is 27.6 Å². The molecule has 9 heteroatoms. The van der Waals surface area contributed by atoms with Crippen LogP contribution >= 0.6 is 11.8 Å². The molecule has 0 atom stereocenters. The summed E-state index contributed by atoms with van der Waals surface area (Å²) >= 11 is 1.36. The van der Waals surface area contributed by atoms with Crippen molar-refractivity contribution in [2.45, 2.75) is 11.6 Å². The van der Waals surface area contributed by atoms with E-state index in [-0.39, 0.29) is 24.6 Å². The third-order valence-electron chi connectivity index (χ3n) is 6.02. The van der Waals surface area contributed by atoms with E-state index >= 15 is 0 Å². The summed E-state index contributed by atoms with van der Waals surface area (Å²) in [6.07, 6.45) is 0.218. The topological polar surface area (TPSA) is 92.8 Å². The zero-order valence-corrected chi connectivity index (χ0v) is 20.1. The van der Waals surface area contributed by atoms with Crippen LogP contribution in [0.3, 0.4) is 0 Å². The first kappa shape index (κ1) is 22.2. The number of imidazole rings is 1. The van der Waals surface area contributed by atoms with Crippen molar-refractivity contribution in [3.8, 4) is 17.6 Å². The molecule has 0 fully saturated rings. The minimum atomic E-state index is -0.126. The number of benzene rings is 3. The maximum absolute atomic E-state index is 13.5. The molecule has 0 spiro atoms. The summed E-state index contributed by atoms with van der Waals surface area (Å²) in [5.74, 6) is 1.28. The molecule has 178 valence electrons. The summed E-state index contributed by atoms with van der Waals surface area (Å²) < 4.78 is 13.3. The van der Waals surface area contributed by atoms with Crippen molar-refractivity contribution < 1.29 is 14.3 Å². The van der Waals surface area contributed by atoms with Crippen molar-refractivity contribution in [2.24, 2.45) is 0 Å². The van der Waals surface area contributed by atoms with Crippen molar-refractivity contribution in [3.05, 3.63) is 66.7 Å². The maximum Gasteiger partial charge on any atom is 0.237 e. The van der Waals surface area contributed by atoms with Crippen LogP contribution in [0.2, 0.25) is 0 Å². The first-order valence-electron chi connectivity index (χ1n) is 11.6. The molecule has 1 amide bonds. The molecule has 0 radical (unpaired) electrons. The van der Waals surface area contributed by atoms with Crippen molar-refractivity contribution in [3.63, 3.8) is 0 Å². The Morgan fingerprint density at radius 2 is 1.78 bits per heavy atom. The highest BCUT2D eigenvalue weighted by Crippen LogP contribution is 2.35. The Labute approximate surface area is 211 Å². The Morgan fingerprint density at radius 1 is 1.00 bits per heavy atom. The number of nitrogens with zero attached hydrogens (tertiary/aromatic N) is 5. The fourth-order valence-electron chi connectivity index (χ4n) is 4.37. The van der Waals surface area contributed by atoms with Crippen LogP contribution in [0, 0.1) is 11.3 Å². The normalized spacial score (nSPS) is 12.6. The first-order valence-corrected chi connectivity index (χ1v) is 12.6. The minimum Gasteiger partial charge on any atom is -0.486 e. The second-order valence-electron chi connectivity index (χ2n) is 8.24. The fraction of sp³-hybridized carbons (Fsp3) is 0.185. The average Bonchev–Trinajstić information content (AvgIpc) is 3.32. The molecule has 3 heterocycles. The van der Waals surface area contributed by atoms with Crippen molar-refractivity contribution in [1.82, 2.24) is 14.4 Å². The number of ether oxygens (including phenoxy) is 2. The number of para-hydroxylation sites is 3. The minimum absolute atomic E-state index is 0.126. The Morgan fingerprint density at radius 3 is 2.64 bits per heavy atom. The summed E-state index contributed by atoms with van der Waals surface area (Å²) in [6.45, 7) is 1.24. The number of thioether (sulfide) groups is 1. The first-order chi connectivity index (χ1) is 17.7. The van der Waals surface area contributed by atoms with Crippen LogP contribution in [0.5, 0.6) is 11.5 Å². The smallest absolute Gasteiger partial charge is 0.237 e. The van der Waals surface area contributed by atoms with Gasteiger partial charge in [-0.2, -0.15) is 5.26 Å². The second kappa shape index (κ2) is 9.40. The number of anilines is 1.